The summed E-state index contributed by atoms with van der Waals surface area (Å²) >= 11 is 13.5. The van der Waals surface area contributed by atoms with Crippen molar-refractivity contribution in [3.63, 3.8) is 0 Å². The van der Waals surface area contributed by atoms with Gasteiger partial charge in [-0.05, 0) is 36.4 Å². The van der Waals surface area contributed by atoms with Gasteiger partial charge < -0.3 is 14.8 Å². The van der Waals surface area contributed by atoms with Crippen LogP contribution in [0.25, 0.3) is 11.4 Å². The molecule has 0 aliphatic heterocycles. The molecule has 0 saturated carbocycles. The first-order chi connectivity index (χ1) is 13.4. The van der Waals surface area contributed by atoms with Gasteiger partial charge in [0.2, 0.25) is 5.91 Å². The highest BCUT2D eigenvalue weighted by Gasteiger charge is 2.14. The number of nitrogens with zero attached hydrogens (tertiary/aromatic N) is 4. The molecule has 0 atom stereocenters. The molecule has 0 radical (unpaired) electrons. The quantitative estimate of drug-likeness (QED) is 0.573. The van der Waals surface area contributed by atoms with E-state index in [-0.39, 0.29) is 11.7 Å². The van der Waals surface area contributed by atoms with E-state index in [1.165, 1.54) is 11.8 Å². The van der Waals surface area contributed by atoms with Crippen LogP contribution in [0.4, 0.5) is 11.4 Å². The Balaban J connectivity index is 1.66. The Labute approximate surface area is 177 Å². The second-order valence-electron chi connectivity index (χ2n) is 6.24. The molecule has 0 fully saturated rings. The van der Waals surface area contributed by atoms with Crippen LogP contribution in [-0.4, -0.2) is 40.5 Å². The fourth-order valence-corrected chi connectivity index (χ4v) is 3.73. The molecule has 2 aromatic carbocycles. The lowest BCUT2D eigenvalue weighted by atomic mass is 10.2. The van der Waals surface area contributed by atoms with Crippen LogP contribution in [0.2, 0.25) is 10.0 Å². The van der Waals surface area contributed by atoms with Crippen LogP contribution in [0.1, 0.15) is 0 Å². The molecule has 1 aromatic heterocycles. The van der Waals surface area contributed by atoms with Crippen LogP contribution < -0.4 is 10.2 Å². The average Bonchev–Trinajstić information content (AvgIpc) is 3.04. The van der Waals surface area contributed by atoms with Crippen LogP contribution >= 0.6 is 35.0 Å². The fourth-order valence-electron chi connectivity index (χ4n) is 2.52. The zero-order valence-corrected chi connectivity index (χ0v) is 17.9. The van der Waals surface area contributed by atoms with Crippen molar-refractivity contribution >= 4 is 52.2 Å². The minimum absolute atomic E-state index is 0.160. The smallest absolute Gasteiger partial charge is 0.234 e. The van der Waals surface area contributed by atoms with Gasteiger partial charge in [-0.2, -0.15) is 0 Å². The van der Waals surface area contributed by atoms with Gasteiger partial charge in [-0.3, -0.25) is 4.79 Å². The number of rotatable bonds is 6. The van der Waals surface area contributed by atoms with Crippen LogP contribution in [0.5, 0.6) is 0 Å². The van der Waals surface area contributed by atoms with Crippen molar-refractivity contribution in [3.05, 3.63) is 52.5 Å². The van der Waals surface area contributed by atoms with Gasteiger partial charge in [0.25, 0.3) is 0 Å². The Bertz CT molecular complexity index is 968. The third-order valence-corrected chi connectivity index (χ3v) is 5.69. The fraction of sp³-hybridized carbons (Fsp3) is 0.211. The summed E-state index contributed by atoms with van der Waals surface area (Å²) in [5.74, 6) is 0.676. The molecule has 0 aliphatic carbocycles. The van der Waals surface area contributed by atoms with Crippen molar-refractivity contribution < 1.29 is 4.79 Å². The molecular weight excluding hydrogens is 417 g/mol. The Morgan fingerprint density at radius 2 is 1.75 bits per heavy atom. The molecule has 6 nitrogen and oxygen atoms in total. The summed E-state index contributed by atoms with van der Waals surface area (Å²) in [6, 6.07) is 13.1. The molecule has 9 heteroatoms. The molecule has 0 unspecified atom stereocenters. The summed E-state index contributed by atoms with van der Waals surface area (Å²) in [5, 5.41) is 12.6. The van der Waals surface area contributed by atoms with Crippen LogP contribution in [0.15, 0.2) is 47.6 Å². The summed E-state index contributed by atoms with van der Waals surface area (Å²) in [4.78, 5) is 14.3. The SMILES string of the molecule is CN(C)c1ccc(-c2nnc(SCC(=O)Nc3c(Cl)cccc3Cl)n2C)cc1. The van der Waals surface area contributed by atoms with E-state index in [9.17, 15) is 4.79 Å². The molecule has 1 N–H and O–H groups in total. The van der Waals surface area contributed by atoms with Crippen LogP contribution in [-0.2, 0) is 11.8 Å². The number of nitrogens with one attached hydrogen (secondary N) is 1. The average molecular weight is 436 g/mol. The second kappa shape index (κ2) is 8.86. The Morgan fingerprint density at radius 1 is 1.11 bits per heavy atom. The first kappa shape index (κ1) is 20.5. The monoisotopic (exact) mass is 435 g/mol. The number of halogens is 2. The summed E-state index contributed by atoms with van der Waals surface area (Å²) in [5.41, 5.74) is 2.48. The standard InChI is InChI=1S/C19H19Cl2N5OS/c1-25(2)13-9-7-12(8-10-13)18-23-24-19(26(18)3)28-11-16(27)22-17-14(20)5-4-6-15(17)21/h4-10H,11H2,1-3H3,(H,22,27). The van der Waals surface area contributed by atoms with Crippen LogP contribution in [0, 0.1) is 0 Å². The number of hydrogen-bond acceptors (Lipinski definition) is 5. The molecule has 0 aliphatic rings. The maximum atomic E-state index is 12.3. The minimum Gasteiger partial charge on any atom is -0.378 e. The predicted octanol–water partition coefficient (Wildman–Crippen LogP) is 4.59. The Hall–Kier alpha value is -2.22. The molecule has 1 heterocycles. The summed E-state index contributed by atoms with van der Waals surface area (Å²) in [7, 11) is 5.86. The topological polar surface area (TPSA) is 63.1 Å². The second-order valence-corrected chi connectivity index (χ2v) is 8.00. The van der Waals surface area contributed by atoms with Gasteiger partial charge in [0.15, 0.2) is 11.0 Å². The van der Waals surface area contributed by atoms with Crippen molar-refractivity contribution in [1.29, 1.82) is 0 Å². The highest BCUT2D eigenvalue weighted by Crippen LogP contribution is 2.30. The number of amides is 1. The molecule has 146 valence electrons. The first-order valence-electron chi connectivity index (χ1n) is 8.40. The van der Waals surface area contributed by atoms with E-state index in [1.807, 2.05) is 54.9 Å². The molecule has 1 amide bonds. The van der Waals surface area contributed by atoms with Crippen molar-refractivity contribution in [2.75, 3.05) is 30.1 Å². The Morgan fingerprint density at radius 3 is 2.36 bits per heavy atom. The molecular formula is C19H19Cl2N5OS. The maximum absolute atomic E-state index is 12.3. The minimum atomic E-state index is -0.222. The maximum Gasteiger partial charge on any atom is 0.234 e. The van der Waals surface area contributed by atoms with E-state index in [4.69, 9.17) is 23.2 Å². The lowest BCUT2D eigenvalue weighted by Gasteiger charge is -2.12. The van der Waals surface area contributed by atoms with E-state index in [1.54, 1.807) is 18.2 Å². The predicted molar refractivity (Wildman–Crippen MR) is 117 cm³/mol. The molecule has 0 saturated heterocycles. The highest BCUT2D eigenvalue weighted by molar-refractivity contribution is 7.99. The van der Waals surface area contributed by atoms with E-state index >= 15 is 0 Å². The third-order valence-electron chi connectivity index (χ3n) is 4.04. The van der Waals surface area contributed by atoms with Gasteiger partial charge in [0.05, 0.1) is 21.5 Å². The lowest BCUT2D eigenvalue weighted by molar-refractivity contribution is -0.113. The normalized spacial score (nSPS) is 10.8. The van der Waals surface area contributed by atoms with Gasteiger partial charge >= 0.3 is 0 Å². The summed E-state index contributed by atoms with van der Waals surface area (Å²) < 4.78 is 1.87. The number of thioether (sulfide) groups is 1. The number of carbonyl (C=O) groups excluding carboxylic acids is 1. The van der Waals surface area contributed by atoms with Gasteiger partial charge in [0, 0.05) is 32.4 Å². The first-order valence-corrected chi connectivity index (χ1v) is 10.1. The van der Waals surface area contributed by atoms with Crippen LogP contribution in [0.3, 0.4) is 0 Å². The number of aromatic nitrogens is 3. The van der Waals surface area contributed by atoms with Gasteiger partial charge in [-0.15, -0.1) is 10.2 Å². The van der Waals surface area contributed by atoms with Gasteiger partial charge in [0.1, 0.15) is 0 Å². The zero-order valence-electron chi connectivity index (χ0n) is 15.6. The van der Waals surface area contributed by atoms with Crippen molar-refractivity contribution in [1.82, 2.24) is 14.8 Å². The van der Waals surface area contributed by atoms with E-state index in [0.717, 1.165) is 17.1 Å². The lowest BCUT2D eigenvalue weighted by Crippen LogP contribution is -2.15. The number of anilines is 2. The molecule has 0 spiro atoms. The largest absolute Gasteiger partial charge is 0.378 e. The van der Waals surface area contributed by atoms with E-state index < -0.39 is 0 Å². The van der Waals surface area contributed by atoms with E-state index in [0.29, 0.717) is 20.9 Å². The highest BCUT2D eigenvalue weighted by atomic mass is 35.5. The number of benzene rings is 2. The molecule has 3 rings (SSSR count). The zero-order chi connectivity index (χ0) is 20.3. The van der Waals surface area contributed by atoms with Gasteiger partial charge in [-0.1, -0.05) is 41.0 Å². The summed E-state index contributed by atoms with van der Waals surface area (Å²) in [6.45, 7) is 0. The van der Waals surface area contributed by atoms with Crippen molar-refractivity contribution in [2.24, 2.45) is 7.05 Å². The Kier molecular flexibility index (Phi) is 6.49. The molecule has 0 bridgehead atoms. The van der Waals surface area contributed by atoms with Crippen molar-refractivity contribution in [3.8, 4) is 11.4 Å². The third kappa shape index (κ3) is 4.60. The molecule has 3 aromatic rings. The summed E-state index contributed by atoms with van der Waals surface area (Å²) in [6.07, 6.45) is 0. The molecule has 28 heavy (non-hydrogen) atoms. The van der Waals surface area contributed by atoms with E-state index in [2.05, 4.69) is 15.5 Å². The number of carbonyl (C=O) groups is 1. The van der Waals surface area contributed by atoms with Crippen molar-refractivity contribution in [2.45, 2.75) is 5.16 Å². The number of hydrogen-bond donors (Lipinski definition) is 1. The number of para-hydroxylation sites is 1. The van der Waals surface area contributed by atoms with Gasteiger partial charge in [-0.25, -0.2) is 0 Å².